The minimum absolute atomic E-state index is 0.265. The number of nitrogens with zero attached hydrogens (tertiary/aromatic N) is 4. The normalized spacial score (nSPS) is 11.7. The Morgan fingerprint density at radius 3 is 2.95 bits per heavy atom. The molecule has 0 atom stereocenters. The zero-order chi connectivity index (χ0) is 14.7. The Kier molecular flexibility index (Phi) is 4.14. The molecule has 2 rings (SSSR count). The van der Waals surface area contributed by atoms with Gasteiger partial charge in [0.1, 0.15) is 17.1 Å². The van der Waals surface area contributed by atoms with Gasteiger partial charge in [-0.1, -0.05) is 12.1 Å². The summed E-state index contributed by atoms with van der Waals surface area (Å²) in [6.07, 6.45) is 0.772. The molecule has 0 aliphatic carbocycles. The largest absolute Gasteiger partial charge is 0.411 e. The van der Waals surface area contributed by atoms with Crippen molar-refractivity contribution in [3.05, 3.63) is 28.5 Å². The number of carbonyl (C=O) groups is 1. The fourth-order valence-corrected chi connectivity index (χ4v) is 2.37. The van der Waals surface area contributed by atoms with Gasteiger partial charge in [0.2, 0.25) is 0 Å². The maximum Gasteiger partial charge on any atom is 0.275 e. The van der Waals surface area contributed by atoms with Crippen molar-refractivity contribution in [2.45, 2.75) is 20.3 Å². The predicted molar refractivity (Wildman–Crippen MR) is 76.7 cm³/mol. The number of rotatable bonds is 4. The van der Waals surface area contributed by atoms with Crippen LogP contribution in [-0.4, -0.2) is 31.6 Å². The molecule has 7 nitrogen and oxygen atoms in total. The number of aryl methyl sites for hydroxylation is 2. The van der Waals surface area contributed by atoms with E-state index in [1.54, 1.807) is 30.1 Å². The highest BCUT2D eigenvalue weighted by Gasteiger charge is 2.15. The molecule has 0 aliphatic rings. The van der Waals surface area contributed by atoms with Crippen LogP contribution in [-0.2, 0) is 13.5 Å². The molecule has 20 heavy (non-hydrogen) atoms. The number of amides is 1. The van der Waals surface area contributed by atoms with Crippen LogP contribution in [0.25, 0.3) is 0 Å². The third kappa shape index (κ3) is 2.85. The quantitative estimate of drug-likeness (QED) is 0.511. The second kappa shape index (κ2) is 5.83. The lowest BCUT2D eigenvalue weighted by molar-refractivity contribution is 0.101. The number of oxime groups is 1. The maximum atomic E-state index is 12.1. The van der Waals surface area contributed by atoms with E-state index in [0.29, 0.717) is 22.2 Å². The Morgan fingerprint density at radius 2 is 2.35 bits per heavy atom. The van der Waals surface area contributed by atoms with E-state index in [1.807, 2.05) is 6.92 Å². The first-order valence-corrected chi connectivity index (χ1v) is 6.92. The van der Waals surface area contributed by atoms with E-state index in [2.05, 4.69) is 20.6 Å². The number of carbonyl (C=O) groups excluding carboxylic acids is 1. The average Bonchev–Trinajstić information content (AvgIpc) is 3.04. The third-order valence-corrected chi connectivity index (χ3v) is 3.53. The van der Waals surface area contributed by atoms with Gasteiger partial charge in [-0.05, 0) is 19.4 Å². The molecule has 0 aromatic carbocycles. The molecule has 0 fully saturated rings. The average molecular weight is 293 g/mol. The highest BCUT2D eigenvalue weighted by molar-refractivity contribution is 7.14. The van der Waals surface area contributed by atoms with Crippen LogP contribution in [0.1, 0.15) is 35.7 Å². The topological polar surface area (TPSA) is 92.4 Å². The maximum absolute atomic E-state index is 12.1. The van der Waals surface area contributed by atoms with Crippen molar-refractivity contribution >= 4 is 28.1 Å². The molecular formula is C12H15N5O2S. The molecule has 1 amide bonds. The van der Waals surface area contributed by atoms with Crippen molar-refractivity contribution < 1.29 is 10.0 Å². The van der Waals surface area contributed by atoms with Gasteiger partial charge in [-0.3, -0.25) is 14.8 Å². The summed E-state index contributed by atoms with van der Waals surface area (Å²) in [7, 11) is 1.73. The van der Waals surface area contributed by atoms with Gasteiger partial charge in [-0.2, -0.15) is 5.10 Å². The molecule has 2 heterocycles. The van der Waals surface area contributed by atoms with Gasteiger partial charge in [0, 0.05) is 12.4 Å². The second-order valence-corrected chi connectivity index (χ2v) is 5.03. The van der Waals surface area contributed by atoms with Crippen LogP contribution in [0.4, 0.5) is 5.13 Å². The molecule has 0 saturated carbocycles. The summed E-state index contributed by atoms with van der Waals surface area (Å²) >= 11 is 1.27. The monoisotopic (exact) mass is 293 g/mol. The SMILES string of the molecule is CCc1cc(C(=O)Nc2nc(C(C)=NO)cs2)n(C)n1. The molecule has 2 aromatic heterocycles. The van der Waals surface area contributed by atoms with Crippen molar-refractivity contribution in [1.82, 2.24) is 14.8 Å². The summed E-state index contributed by atoms with van der Waals surface area (Å²) in [5.74, 6) is -0.265. The van der Waals surface area contributed by atoms with Gasteiger partial charge in [-0.15, -0.1) is 11.3 Å². The van der Waals surface area contributed by atoms with Crippen LogP contribution >= 0.6 is 11.3 Å². The van der Waals surface area contributed by atoms with E-state index in [9.17, 15) is 4.79 Å². The Balaban J connectivity index is 2.15. The Morgan fingerprint density at radius 1 is 1.60 bits per heavy atom. The Hall–Kier alpha value is -2.22. The molecule has 2 N–H and O–H groups in total. The number of hydrogen-bond acceptors (Lipinski definition) is 6. The summed E-state index contributed by atoms with van der Waals surface area (Å²) in [6, 6.07) is 1.75. The molecule has 0 spiro atoms. The van der Waals surface area contributed by atoms with Crippen LogP contribution in [0.15, 0.2) is 16.6 Å². The van der Waals surface area contributed by atoms with E-state index in [0.717, 1.165) is 12.1 Å². The summed E-state index contributed by atoms with van der Waals surface area (Å²) in [5.41, 5.74) is 2.27. The summed E-state index contributed by atoms with van der Waals surface area (Å²) in [6.45, 7) is 3.61. The first kappa shape index (κ1) is 14.2. The lowest BCUT2D eigenvalue weighted by Crippen LogP contribution is -2.16. The number of anilines is 1. The first-order valence-electron chi connectivity index (χ1n) is 6.04. The second-order valence-electron chi connectivity index (χ2n) is 4.18. The fraction of sp³-hybridized carbons (Fsp3) is 0.333. The fourth-order valence-electron chi connectivity index (χ4n) is 1.62. The van der Waals surface area contributed by atoms with Crippen LogP contribution in [0.3, 0.4) is 0 Å². The van der Waals surface area contributed by atoms with Gasteiger partial charge in [-0.25, -0.2) is 4.98 Å². The zero-order valence-corrected chi connectivity index (χ0v) is 12.2. The number of hydrogen-bond donors (Lipinski definition) is 2. The molecule has 2 aromatic rings. The molecule has 0 aliphatic heterocycles. The van der Waals surface area contributed by atoms with Gasteiger partial charge < -0.3 is 5.21 Å². The van der Waals surface area contributed by atoms with Crippen LogP contribution in [0, 0.1) is 0 Å². The van der Waals surface area contributed by atoms with Crippen LogP contribution in [0.2, 0.25) is 0 Å². The summed E-state index contributed by atoms with van der Waals surface area (Å²) in [5, 5.41) is 20.8. The number of nitrogens with one attached hydrogen (secondary N) is 1. The Bertz CT molecular complexity index is 659. The predicted octanol–water partition coefficient (Wildman–Crippen LogP) is 1.89. The lowest BCUT2D eigenvalue weighted by atomic mass is 10.3. The van der Waals surface area contributed by atoms with Crippen molar-refractivity contribution in [2.24, 2.45) is 12.2 Å². The van der Waals surface area contributed by atoms with Gasteiger partial charge >= 0.3 is 0 Å². The third-order valence-electron chi connectivity index (χ3n) is 2.77. The molecule has 106 valence electrons. The number of thiazole rings is 1. The minimum atomic E-state index is -0.265. The Labute approximate surface area is 120 Å². The highest BCUT2D eigenvalue weighted by Crippen LogP contribution is 2.17. The molecule has 8 heteroatoms. The van der Waals surface area contributed by atoms with E-state index in [1.165, 1.54) is 11.3 Å². The van der Waals surface area contributed by atoms with Gasteiger partial charge in [0.05, 0.1) is 5.69 Å². The highest BCUT2D eigenvalue weighted by atomic mass is 32.1. The van der Waals surface area contributed by atoms with Gasteiger partial charge in [0.25, 0.3) is 5.91 Å². The van der Waals surface area contributed by atoms with Crippen molar-refractivity contribution in [3.63, 3.8) is 0 Å². The van der Waals surface area contributed by atoms with E-state index >= 15 is 0 Å². The minimum Gasteiger partial charge on any atom is -0.411 e. The van der Waals surface area contributed by atoms with E-state index in [-0.39, 0.29) is 5.91 Å². The summed E-state index contributed by atoms with van der Waals surface area (Å²) in [4.78, 5) is 16.3. The van der Waals surface area contributed by atoms with Gasteiger partial charge in [0.15, 0.2) is 5.13 Å². The molecule has 0 unspecified atom stereocenters. The van der Waals surface area contributed by atoms with Crippen molar-refractivity contribution in [2.75, 3.05) is 5.32 Å². The van der Waals surface area contributed by atoms with Crippen LogP contribution < -0.4 is 5.32 Å². The van der Waals surface area contributed by atoms with E-state index in [4.69, 9.17) is 5.21 Å². The molecule has 0 bridgehead atoms. The smallest absolute Gasteiger partial charge is 0.275 e. The summed E-state index contributed by atoms with van der Waals surface area (Å²) < 4.78 is 1.54. The molecule has 0 saturated heterocycles. The van der Waals surface area contributed by atoms with Crippen LogP contribution in [0.5, 0.6) is 0 Å². The van der Waals surface area contributed by atoms with Crippen molar-refractivity contribution in [3.8, 4) is 0 Å². The van der Waals surface area contributed by atoms with E-state index < -0.39 is 0 Å². The first-order chi connectivity index (χ1) is 9.55. The number of aromatic nitrogens is 3. The molecular weight excluding hydrogens is 278 g/mol. The lowest BCUT2D eigenvalue weighted by Gasteiger charge is -2.01. The molecule has 0 radical (unpaired) electrons. The van der Waals surface area contributed by atoms with Crippen molar-refractivity contribution in [1.29, 1.82) is 0 Å². The zero-order valence-electron chi connectivity index (χ0n) is 11.4. The standard InChI is InChI=1S/C12H15N5O2S/c1-4-8-5-10(17(3)15-8)11(18)14-12-13-9(6-20-12)7(2)16-19/h5-6,19H,4H2,1-3H3,(H,13,14,18).